The SMILES string of the molecule is Cc1cccc(CN(C)CCNc2ccc(Cl)cc2)c1. The van der Waals surface area contributed by atoms with Crippen LogP contribution in [0.2, 0.25) is 5.02 Å². The quantitative estimate of drug-likeness (QED) is 0.857. The largest absolute Gasteiger partial charge is 0.384 e. The summed E-state index contributed by atoms with van der Waals surface area (Å²) in [5.74, 6) is 0. The molecule has 0 saturated heterocycles. The van der Waals surface area contributed by atoms with Gasteiger partial charge in [0, 0.05) is 30.3 Å². The van der Waals surface area contributed by atoms with Gasteiger partial charge in [-0.1, -0.05) is 41.4 Å². The Balaban J connectivity index is 1.75. The molecule has 0 amide bonds. The molecule has 0 bridgehead atoms. The second-order valence-corrected chi connectivity index (χ2v) is 5.60. The van der Waals surface area contributed by atoms with Crippen LogP contribution in [0.5, 0.6) is 0 Å². The number of hydrogen-bond acceptors (Lipinski definition) is 2. The molecule has 3 heteroatoms. The van der Waals surface area contributed by atoms with Crippen LogP contribution < -0.4 is 5.32 Å². The van der Waals surface area contributed by atoms with E-state index in [0.717, 1.165) is 30.3 Å². The number of rotatable bonds is 6. The van der Waals surface area contributed by atoms with Gasteiger partial charge < -0.3 is 10.2 Å². The van der Waals surface area contributed by atoms with Crippen molar-refractivity contribution >= 4 is 17.3 Å². The van der Waals surface area contributed by atoms with E-state index in [9.17, 15) is 0 Å². The summed E-state index contributed by atoms with van der Waals surface area (Å²) in [6.45, 7) is 5.02. The van der Waals surface area contributed by atoms with Gasteiger partial charge in [0.05, 0.1) is 0 Å². The monoisotopic (exact) mass is 288 g/mol. The molecule has 0 aliphatic rings. The van der Waals surface area contributed by atoms with Crippen LogP contribution in [0.4, 0.5) is 5.69 Å². The molecule has 2 rings (SSSR count). The van der Waals surface area contributed by atoms with Crippen LogP contribution in [-0.4, -0.2) is 25.0 Å². The molecule has 2 aromatic carbocycles. The summed E-state index contributed by atoms with van der Waals surface area (Å²) in [5, 5.41) is 4.17. The normalized spacial score (nSPS) is 10.8. The molecule has 0 unspecified atom stereocenters. The smallest absolute Gasteiger partial charge is 0.0407 e. The zero-order valence-corrected chi connectivity index (χ0v) is 12.8. The molecule has 1 N–H and O–H groups in total. The molecule has 0 aliphatic heterocycles. The first kappa shape index (κ1) is 14.9. The molecule has 20 heavy (non-hydrogen) atoms. The van der Waals surface area contributed by atoms with Gasteiger partial charge in [0.15, 0.2) is 0 Å². The number of aryl methyl sites for hydroxylation is 1. The lowest BCUT2D eigenvalue weighted by Crippen LogP contribution is -2.24. The maximum atomic E-state index is 5.86. The average Bonchev–Trinajstić information content (AvgIpc) is 2.41. The van der Waals surface area contributed by atoms with Gasteiger partial charge in [-0.25, -0.2) is 0 Å². The molecule has 2 nitrogen and oxygen atoms in total. The molecule has 0 radical (unpaired) electrons. The Kier molecular flexibility index (Phi) is 5.45. The summed E-state index contributed by atoms with van der Waals surface area (Å²) in [6.07, 6.45) is 0. The van der Waals surface area contributed by atoms with Gasteiger partial charge in [0.1, 0.15) is 0 Å². The average molecular weight is 289 g/mol. The molecule has 0 aliphatic carbocycles. The maximum Gasteiger partial charge on any atom is 0.0407 e. The summed E-state index contributed by atoms with van der Waals surface area (Å²) in [7, 11) is 2.14. The Morgan fingerprint density at radius 1 is 1.10 bits per heavy atom. The molecule has 2 aromatic rings. The van der Waals surface area contributed by atoms with Crippen molar-refractivity contribution in [1.82, 2.24) is 4.90 Å². The molecule has 0 atom stereocenters. The highest BCUT2D eigenvalue weighted by molar-refractivity contribution is 6.30. The van der Waals surface area contributed by atoms with E-state index in [-0.39, 0.29) is 0 Å². The van der Waals surface area contributed by atoms with Crippen LogP contribution >= 0.6 is 11.6 Å². The van der Waals surface area contributed by atoms with Crippen molar-refractivity contribution in [1.29, 1.82) is 0 Å². The molecule has 0 aromatic heterocycles. The van der Waals surface area contributed by atoms with Crippen LogP contribution in [0.1, 0.15) is 11.1 Å². The van der Waals surface area contributed by atoms with Gasteiger partial charge in [-0.05, 0) is 43.8 Å². The van der Waals surface area contributed by atoms with E-state index >= 15 is 0 Å². The first-order valence-electron chi connectivity index (χ1n) is 6.87. The summed E-state index contributed by atoms with van der Waals surface area (Å²) < 4.78 is 0. The van der Waals surface area contributed by atoms with Gasteiger partial charge in [0.2, 0.25) is 0 Å². The minimum Gasteiger partial charge on any atom is -0.384 e. The maximum absolute atomic E-state index is 5.86. The summed E-state index contributed by atoms with van der Waals surface area (Å²) in [4.78, 5) is 2.32. The van der Waals surface area contributed by atoms with Gasteiger partial charge in [-0.15, -0.1) is 0 Å². The lowest BCUT2D eigenvalue weighted by atomic mass is 10.1. The van der Waals surface area contributed by atoms with Gasteiger partial charge in [-0.3, -0.25) is 0 Å². The Morgan fingerprint density at radius 2 is 1.85 bits per heavy atom. The van der Waals surface area contributed by atoms with Crippen molar-refractivity contribution in [3.63, 3.8) is 0 Å². The first-order chi connectivity index (χ1) is 9.63. The van der Waals surface area contributed by atoms with Crippen LogP contribution in [-0.2, 0) is 6.54 Å². The Morgan fingerprint density at radius 3 is 2.55 bits per heavy atom. The second-order valence-electron chi connectivity index (χ2n) is 5.16. The Labute approximate surface area is 126 Å². The van der Waals surface area contributed by atoms with Gasteiger partial charge in [0.25, 0.3) is 0 Å². The summed E-state index contributed by atoms with van der Waals surface area (Å²) in [6, 6.07) is 16.5. The molecule has 0 fully saturated rings. The van der Waals surface area contributed by atoms with Gasteiger partial charge in [-0.2, -0.15) is 0 Å². The van der Waals surface area contributed by atoms with E-state index in [1.54, 1.807) is 0 Å². The van der Waals surface area contributed by atoms with Crippen molar-refractivity contribution < 1.29 is 0 Å². The van der Waals surface area contributed by atoms with E-state index in [4.69, 9.17) is 11.6 Å². The molecular formula is C17H21ClN2. The lowest BCUT2D eigenvalue weighted by molar-refractivity contribution is 0.340. The van der Waals surface area contributed by atoms with E-state index in [1.807, 2.05) is 24.3 Å². The van der Waals surface area contributed by atoms with Crippen molar-refractivity contribution in [2.45, 2.75) is 13.5 Å². The third-order valence-corrected chi connectivity index (χ3v) is 3.45. The zero-order chi connectivity index (χ0) is 14.4. The molecule has 0 heterocycles. The molecule has 0 saturated carbocycles. The fourth-order valence-electron chi connectivity index (χ4n) is 2.16. The van der Waals surface area contributed by atoms with Crippen LogP contribution in [0, 0.1) is 6.92 Å². The number of benzene rings is 2. The minimum absolute atomic E-state index is 0.770. The standard InChI is InChI=1S/C17H21ClN2/c1-14-4-3-5-15(12-14)13-20(2)11-10-19-17-8-6-16(18)7-9-17/h3-9,12,19H,10-11,13H2,1-2H3. The minimum atomic E-state index is 0.770. The predicted molar refractivity (Wildman–Crippen MR) is 87.5 cm³/mol. The summed E-state index contributed by atoms with van der Waals surface area (Å²) >= 11 is 5.86. The first-order valence-corrected chi connectivity index (χ1v) is 7.25. The van der Waals surface area contributed by atoms with Crippen LogP contribution in [0.25, 0.3) is 0 Å². The summed E-state index contributed by atoms with van der Waals surface area (Å²) in [5.41, 5.74) is 3.78. The number of halogens is 1. The number of anilines is 1. The second kappa shape index (κ2) is 7.32. The highest BCUT2D eigenvalue weighted by Gasteiger charge is 2.00. The molecule has 106 valence electrons. The lowest BCUT2D eigenvalue weighted by Gasteiger charge is -2.17. The third kappa shape index (κ3) is 4.87. The highest BCUT2D eigenvalue weighted by atomic mass is 35.5. The van der Waals surface area contributed by atoms with E-state index in [1.165, 1.54) is 11.1 Å². The van der Waals surface area contributed by atoms with Crippen molar-refractivity contribution in [3.8, 4) is 0 Å². The Hall–Kier alpha value is -1.51. The van der Waals surface area contributed by atoms with Crippen molar-refractivity contribution in [2.75, 3.05) is 25.5 Å². The fraction of sp³-hybridized carbons (Fsp3) is 0.294. The van der Waals surface area contributed by atoms with E-state index < -0.39 is 0 Å². The predicted octanol–water partition coefficient (Wildman–Crippen LogP) is 4.19. The van der Waals surface area contributed by atoms with E-state index in [2.05, 4.69) is 48.5 Å². The van der Waals surface area contributed by atoms with Crippen LogP contribution in [0.3, 0.4) is 0 Å². The number of hydrogen-bond donors (Lipinski definition) is 1. The van der Waals surface area contributed by atoms with Crippen molar-refractivity contribution in [3.05, 3.63) is 64.7 Å². The number of nitrogens with one attached hydrogen (secondary N) is 1. The number of nitrogens with zero attached hydrogens (tertiary/aromatic N) is 1. The molecular weight excluding hydrogens is 268 g/mol. The zero-order valence-electron chi connectivity index (χ0n) is 12.1. The third-order valence-electron chi connectivity index (χ3n) is 3.20. The number of likely N-dealkylation sites (N-methyl/N-ethyl adjacent to an activating group) is 1. The van der Waals surface area contributed by atoms with Crippen molar-refractivity contribution in [2.24, 2.45) is 0 Å². The van der Waals surface area contributed by atoms with Gasteiger partial charge >= 0.3 is 0 Å². The van der Waals surface area contributed by atoms with Crippen LogP contribution in [0.15, 0.2) is 48.5 Å². The highest BCUT2D eigenvalue weighted by Crippen LogP contribution is 2.13. The van der Waals surface area contributed by atoms with E-state index in [0.29, 0.717) is 0 Å². The topological polar surface area (TPSA) is 15.3 Å². The molecule has 0 spiro atoms. The fourth-order valence-corrected chi connectivity index (χ4v) is 2.29. The Bertz CT molecular complexity index is 537.